The van der Waals surface area contributed by atoms with Crippen molar-refractivity contribution in [2.75, 3.05) is 20.6 Å². The van der Waals surface area contributed by atoms with Gasteiger partial charge in [0, 0.05) is 13.0 Å². The molecule has 1 unspecified atom stereocenters. The highest BCUT2D eigenvalue weighted by Gasteiger charge is 2.22. The highest BCUT2D eigenvalue weighted by Crippen LogP contribution is 2.18. The largest absolute Gasteiger partial charge is 0.469 e. The van der Waals surface area contributed by atoms with Crippen molar-refractivity contribution >= 4 is 5.91 Å². The number of carbonyl (C=O) groups is 1. The topological polar surface area (TPSA) is 45.5 Å². The lowest BCUT2D eigenvalue weighted by molar-refractivity contribution is -0.125. The second-order valence-electron chi connectivity index (χ2n) is 5.39. The Bertz CT molecular complexity index is 579. The lowest BCUT2D eigenvalue weighted by Crippen LogP contribution is -2.37. The van der Waals surface area contributed by atoms with Crippen LogP contribution in [0, 0.1) is 5.82 Å². The van der Waals surface area contributed by atoms with Crippen molar-refractivity contribution in [3.63, 3.8) is 0 Å². The first-order valence-corrected chi connectivity index (χ1v) is 7.30. The SMILES string of the molecule is CN(C)C(C(=O)NCCCc1ccco1)c1ccc(F)cc1. The molecular weight excluding hydrogens is 283 g/mol. The standard InChI is InChI=1S/C17H21FN2O2/c1-20(2)16(13-7-9-14(18)10-8-13)17(21)19-11-3-5-15-6-4-12-22-15/h4,6-10,12,16H,3,5,11H2,1-2H3,(H,19,21). The summed E-state index contributed by atoms with van der Waals surface area (Å²) in [5, 5.41) is 2.92. The number of hydrogen-bond acceptors (Lipinski definition) is 3. The van der Waals surface area contributed by atoms with Crippen LogP contribution in [0.2, 0.25) is 0 Å². The third-order valence-electron chi connectivity index (χ3n) is 3.43. The van der Waals surface area contributed by atoms with Crippen LogP contribution in [0.4, 0.5) is 4.39 Å². The molecule has 5 heteroatoms. The van der Waals surface area contributed by atoms with Crippen molar-refractivity contribution in [2.45, 2.75) is 18.9 Å². The number of benzene rings is 1. The average Bonchev–Trinajstić information content (AvgIpc) is 2.99. The smallest absolute Gasteiger partial charge is 0.241 e. The fraction of sp³-hybridized carbons (Fsp3) is 0.353. The van der Waals surface area contributed by atoms with E-state index < -0.39 is 6.04 Å². The molecule has 22 heavy (non-hydrogen) atoms. The van der Waals surface area contributed by atoms with Crippen molar-refractivity contribution in [2.24, 2.45) is 0 Å². The van der Waals surface area contributed by atoms with Gasteiger partial charge in [0.1, 0.15) is 17.6 Å². The van der Waals surface area contributed by atoms with Gasteiger partial charge in [-0.2, -0.15) is 0 Å². The summed E-state index contributed by atoms with van der Waals surface area (Å²) in [6.45, 7) is 0.574. The first-order chi connectivity index (χ1) is 10.6. The van der Waals surface area contributed by atoms with E-state index in [0.717, 1.165) is 24.2 Å². The van der Waals surface area contributed by atoms with Gasteiger partial charge in [-0.3, -0.25) is 9.69 Å². The van der Waals surface area contributed by atoms with E-state index in [4.69, 9.17) is 4.42 Å². The van der Waals surface area contributed by atoms with Gasteiger partial charge < -0.3 is 9.73 Å². The molecule has 0 spiro atoms. The summed E-state index contributed by atoms with van der Waals surface area (Å²) in [5.41, 5.74) is 0.773. The lowest BCUT2D eigenvalue weighted by atomic mass is 10.1. The summed E-state index contributed by atoms with van der Waals surface area (Å²) in [6.07, 6.45) is 3.24. The third kappa shape index (κ3) is 4.43. The van der Waals surface area contributed by atoms with E-state index in [-0.39, 0.29) is 11.7 Å². The normalized spacial score (nSPS) is 12.4. The van der Waals surface area contributed by atoms with Gasteiger partial charge >= 0.3 is 0 Å². The first-order valence-electron chi connectivity index (χ1n) is 7.30. The van der Waals surface area contributed by atoms with E-state index in [0.29, 0.717) is 6.54 Å². The van der Waals surface area contributed by atoms with Crippen LogP contribution in [-0.4, -0.2) is 31.4 Å². The molecule has 1 heterocycles. The fourth-order valence-electron chi connectivity index (χ4n) is 2.35. The van der Waals surface area contributed by atoms with Gasteiger partial charge in [0.15, 0.2) is 0 Å². The first kappa shape index (κ1) is 16.2. The van der Waals surface area contributed by atoms with Gasteiger partial charge in [-0.1, -0.05) is 12.1 Å². The summed E-state index contributed by atoms with van der Waals surface area (Å²) < 4.78 is 18.3. The molecule has 0 radical (unpaired) electrons. The van der Waals surface area contributed by atoms with Crippen LogP contribution in [0.25, 0.3) is 0 Å². The van der Waals surface area contributed by atoms with Gasteiger partial charge in [-0.15, -0.1) is 0 Å². The molecule has 2 aromatic rings. The minimum atomic E-state index is -0.427. The third-order valence-corrected chi connectivity index (χ3v) is 3.43. The second kappa shape index (κ2) is 7.75. The molecule has 0 aliphatic rings. The van der Waals surface area contributed by atoms with E-state index >= 15 is 0 Å². The van der Waals surface area contributed by atoms with Gasteiger partial charge in [0.2, 0.25) is 5.91 Å². The van der Waals surface area contributed by atoms with E-state index in [2.05, 4.69) is 5.32 Å². The number of halogens is 1. The number of nitrogens with zero attached hydrogens (tertiary/aromatic N) is 1. The lowest BCUT2D eigenvalue weighted by Gasteiger charge is -2.23. The molecule has 1 atom stereocenters. The fourth-order valence-corrected chi connectivity index (χ4v) is 2.35. The molecule has 1 aromatic carbocycles. The zero-order valence-electron chi connectivity index (χ0n) is 12.9. The molecule has 1 aromatic heterocycles. The maximum absolute atomic E-state index is 13.0. The summed E-state index contributed by atoms with van der Waals surface area (Å²) in [7, 11) is 3.66. The number of nitrogens with one attached hydrogen (secondary N) is 1. The number of furan rings is 1. The number of rotatable bonds is 7. The molecular formula is C17H21FN2O2. The Morgan fingerprint density at radius 3 is 2.59 bits per heavy atom. The Labute approximate surface area is 129 Å². The highest BCUT2D eigenvalue weighted by molar-refractivity contribution is 5.83. The predicted octanol–water partition coefficient (Wildman–Crippen LogP) is 2.77. The minimum Gasteiger partial charge on any atom is -0.469 e. The van der Waals surface area contributed by atoms with E-state index in [1.54, 1.807) is 18.4 Å². The van der Waals surface area contributed by atoms with Gasteiger partial charge in [0.25, 0.3) is 0 Å². The van der Waals surface area contributed by atoms with E-state index in [9.17, 15) is 9.18 Å². The Morgan fingerprint density at radius 2 is 2.00 bits per heavy atom. The maximum atomic E-state index is 13.0. The molecule has 0 aliphatic carbocycles. The van der Waals surface area contributed by atoms with Gasteiger partial charge in [0.05, 0.1) is 6.26 Å². The minimum absolute atomic E-state index is 0.0870. The molecule has 0 saturated heterocycles. The van der Waals surface area contributed by atoms with Crippen molar-refractivity contribution < 1.29 is 13.6 Å². The van der Waals surface area contributed by atoms with Gasteiger partial charge in [-0.25, -0.2) is 4.39 Å². The van der Waals surface area contributed by atoms with E-state index in [1.807, 2.05) is 31.1 Å². The number of amides is 1. The Kier molecular flexibility index (Phi) is 5.72. The van der Waals surface area contributed by atoms with Crippen molar-refractivity contribution in [1.82, 2.24) is 10.2 Å². The van der Waals surface area contributed by atoms with Crippen LogP contribution in [-0.2, 0) is 11.2 Å². The molecule has 1 N–H and O–H groups in total. The molecule has 4 nitrogen and oxygen atoms in total. The van der Waals surface area contributed by atoms with E-state index in [1.165, 1.54) is 12.1 Å². The quantitative estimate of drug-likeness (QED) is 0.800. The summed E-state index contributed by atoms with van der Waals surface area (Å²) in [6, 6.07) is 9.37. The summed E-state index contributed by atoms with van der Waals surface area (Å²) in [5.74, 6) is 0.521. The number of hydrogen-bond donors (Lipinski definition) is 1. The van der Waals surface area contributed by atoms with Crippen LogP contribution >= 0.6 is 0 Å². The Morgan fingerprint density at radius 1 is 1.27 bits per heavy atom. The monoisotopic (exact) mass is 304 g/mol. The summed E-state index contributed by atoms with van der Waals surface area (Å²) >= 11 is 0. The molecule has 2 rings (SSSR count). The molecule has 0 saturated carbocycles. The van der Waals surface area contributed by atoms with Crippen LogP contribution in [0.3, 0.4) is 0 Å². The van der Waals surface area contributed by atoms with Crippen LogP contribution in [0.1, 0.15) is 23.8 Å². The van der Waals surface area contributed by atoms with Crippen molar-refractivity contribution in [3.05, 3.63) is 59.8 Å². The van der Waals surface area contributed by atoms with Crippen LogP contribution < -0.4 is 5.32 Å². The Hall–Kier alpha value is -2.14. The molecule has 1 amide bonds. The molecule has 0 aliphatic heterocycles. The van der Waals surface area contributed by atoms with Crippen molar-refractivity contribution in [1.29, 1.82) is 0 Å². The molecule has 0 bridgehead atoms. The number of aryl methyl sites for hydroxylation is 1. The zero-order chi connectivity index (χ0) is 15.9. The molecule has 0 fully saturated rings. The van der Waals surface area contributed by atoms with Gasteiger partial charge in [-0.05, 0) is 50.3 Å². The number of likely N-dealkylation sites (N-methyl/N-ethyl adjacent to an activating group) is 1. The van der Waals surface area contributed by atoms with Crippen LogP contribution in [0.15, 0.2) is 47.1 Å². The summed E-state index contributed by atoms with van der Waals surface area (Å²) in [4.78, 5) is 14.2. The number of carbonyl (C=O) groups excluding carboxylic acids is 1. The van der Waals surface area contributed by atoms with Crippen LogP contribution in [0.5, 0.6) is 0 Å². The molecule has 118 valence electrons. The maximum Gasteiger partial charge on any atom is 0.241 e. The Balaban J connectivity index is 1.88. The highest BCUT2D eigenvalue weighted by atomic mass is 19.1. The second-order valence-corrected chi connectivity index (χ2v) is 5.39. The average molecular weight is 304 g/mol. The predicted molar refractivity (Wildman–Crippen MR) is 82.9 cm³/mol. The zero-order valence-corrected chi connectivity index (χ0v) is 12.9. The van der Waals surface area contributed by atoms with Crippen molar-refractivity contribution in [3.8, 4) is 0 Å².